The SMILES string of the molecule is COC(=O)C(OC(=O)/C=C/c1ccc(OC)cc1)c1ccccc1. The Balaban J connectivity index is 2.07. The quantitative estimate of drug-likeness (QED) is 0.603. The first kappa shape index (κ1) is 17.3. The van der Waals surface area contributed by atoms with Gasteiger partial charge in [0.1, 0.15) is 5.75 Å². The first-order valence-corrected chi connectivity index (χ1v) is 7.29. The molecule has 0 saturated carbocycles. The monoisotopic (exact) mass is 326 g/mol. The molecule has 0 radical (unpaired) electrons. The normalized spacial score (nSPS) is 11.8. The van der Waals surface area contributed by atoms with Gasteiger partial charge in [-0.1, -0.05) is 42.5 Å². The molecular weight excluding hydrogens is 308 g/mol. The molecule has 24 heavy (non-hydrogen) atoms. The first-order valence-electron chi connectivity index (χ1n) is 7.29. The molecule has 0 aliphatic heterocycles. The van der Waals surface area contributed by atoms with Crippen LogP contribution in [0.5, 0.6) is 5.75 Å². The summed E-state index contributed by atoms with van der Waals surface area (Å²) in [4.78, 5) is 23.9. The molecule has 0 heterocycles. The van der Waals surface area contributed by atoms with Crippen LogP contribution in [0.2, 0.25) is 0 Å². The maximum atomic E-state index is 12.0. The van der Waals surface area contributed by atoms with Crippen LogP contribution in [-0.2, 0) is 19.1 Å². The minimum atomic E-state index is -1.09. The van der Waals surface area contributed by atoms with Gasteiger partial charge in [0.2, 0.25) is 6.10 Å². The number of rotatable bonds is 6. The second kappa shape index (κ2) is 8.53. The van der Waals surface area contributed by atoms with E-state index in [9.17, 15) is 9.59 Å². The summed E-state index contributed by atoms with van der Waals surface area (Å²) in [5, 5.41) is 0. The van der Waals surface area contributed by atoms with Crippen molar-refractivity contribution >= 4 is 18.0 Å². The van der Waals surface area contributed by atoms with Gasteiger partial charge in [0.15, 0.2) is 0 Å². The van der Waals surface area contributed by atoms with Crippen molar-refractivity contribution in [3.05, 3.63) is 71.8 Å². The molecule has 2 rings (SSSR count). The molecule has 124 valence electrons. The van der Waals surface area contributed by atoms with Crippen molar-refractivity contribution < 1.29 is 23.8 Å². The van der Waals surface area contributed by atoms with Crippen LogP contribution in [0.3, 0.4) is 0 Å². The van der Waals surface area contributed by atoms with Crippen molar-refractivity contribution in [1.29, 1.82) is 0 Å². The smallest absolute Gasteiger partial charge is 0.351 e. The summed E-state index contributed by atoms with van der Waals surface area (Å²) in [7, 11) is 2.83. The zero-order chi connectivity index (χ0) is 17.4. The molecule has 0 saturated heterocycles. The summed E-state index contributed by atoms with van der Waals surface area (Å²) in [6.45, 7) is 0. The van der Waals surface area contributed by atoms with Gasteiger partial charge >= 0.3 is 11.9 Å². The zero-order valence-corrected chi connectivity index (χ0v) is 13.5. The molecule has 2 aromatic carbocycles. The van der Waals surface area contributed by atoms with Gasteiger partial charge in [0.25, 0.3) is 0 Å². The Morgan fingerprint density at radius 2 is 1.62 bits per heavy atom. The lowest BCUT2D eigenvalue weighted by molar-refractivity contribution is -0.163. The van der Waals surface area contributed by atoms with E-state index < -0.39 is 18.0 Å². The van der Waals surface area contributed by atoms with Gasteiger partial charge in [-0.15, -0.1) is 0 Å². The van der Waals surface area contributed by atoms with E-state index in [0.717, 1.165) is 11.3 Å². The molecular formula is C19H18O5. The van der Waals surface area contributed by atoms with Crippen LogP contribution in [0.25, 0.3) is 6.08 Å². The van der Waals surface area contributed by atoms with E-state index in [1.807, 2.05) is 6.07 Å². The van der Waals surface area contributed by atoms with E-state index in [1.165, 1.54) is 13.2 Å². The van der Waals surface area contributed by atoms with Crippen LogP contribution in [0, 0.1) is 0 Å². The largest absolute Gasteiger partial charge is 0.497 e. The highest BCUT2D eigenvalue weighted by molar-refractivity contribution is 5.89. The number of methoxy groups -OCH3 is 2. The van der Waals surface area contributed by atoms with Gasteiger partial charge in [0, 0.05) is 11.6 Å². The zero-order valence-electron chi connectivity index (χ0n) is 13.5. The van der Waals surface area contributed by atoms with Crippen LogP contribution < -0.4 is 4.74 Å². The van der Waals surface area contributed by atoms with E-state index in [0.29, 0.717) is 5.56 Å². The number of hydrogen-bond donors (Lipinski definition) is 0. The van der Waals surface area contributed by atoms with Gasteiger partial charge in [0.05, 0.1) is 14.2 Å². The fraction of sp³-hybridized carbons (Fsp3) is 0.158. The topological polar surface area (TPSA) is 61.8 Å². The summed E-state index contributed by atoms with van der Waals surface area (Å²) in [6.07, 6.45) is 1.77. The summed E-state index contributed by atoms with van der Waals surface area (Å²) >= 11 is 0. The second-order valence-corrected chi connectivity index (χ2v) is 4.86. The van der Waals surface area contributed by atoms with Crippen LogP contribution >= 0.6 is 0 Å². The standard InChI is InChI=1S/C19H18O5/c1-22-16-11-8-14(9-12-16)10-13-17(20)24-18(19(21)23-2)15-6-4-3-5-7-15/h3-13,18H,1-2H3/b13-10+. The van der Waals surface area contributed by atoms with Crippen LogP contribution in [0.1, 0.15) is 17.2 Å². The minimum Gasteiger partial charge on any atom is -0.497 e. The molecule has 0 N–H and O–H groups in total. The van der Waals surface area contributed by atoms with Crippen LogP contribution in [-0.4, -0.2) is 26.2 Å². The van der Waals surface area contributed by atoms with Crippen LogP contribution in [0.4, 0.5) is 0 Å². The number of esters is 2. The third-order valence-electron chi connectivity index (χ3n) is 3.28. The number of ether oxygens (including phenoxy) is 3. The van der Waals surface area contributed by atoms with E-state index in [1.54, 1.807) is 61.7 Å². The highest BCUT2D eigenvalue weighted by atomic mass is 16.6. The van der Waals surface area contributed by atoms with Gasteiger partial charge in [-0.3, -0.25) is 0 Å². The van der Waals surface area contributed by atoms with Gasteiger partial charge in [-0.05, 0) is 23.8 Å². The van der Waals surface area contributed by atoms with Crippen molar-refractivity contribution in [2.75, 3.05) is 14.2 Å². The molecule has 2 aromatic rings. The first-order chi connectivity index (χ1) is 11.6. The number of carbonyl (C=O) groups is 2. The average molecular weight is 326 g/mol. The summed E-state index contributed by atoms with van der Waals surface area (Å²) in [5.41, 5.74) is 1.36. The Morgan fingerprint density at radius 1 is 0.958 bits per heavy atom. The third kappa shape index (κ3) is 4.71. The highest BCUT2D eigenvalue weighted by Crippen LogP contribution is 2.19. The van der Waals surface area contributed by atoms with E-state index in [2.05, 4.69) is 0 Å². The maximum absolute atomic E-state index is 12.0. The van der Waals surface area contributed by atoms with E-state index in [4.69, 9.17) is 14.2 Å². The molecule has 1 atom stereocenters. The summed E-state index contributed by atoms with van der Waals surface area (Å²) in [6, 6.07) is 15.9. The fourth-order valence-electron chi connectivity index (χ4n) is 2.02. The predicted molar refractivity (Wildman–Crippen MR) is 89.3 cm³/mol. The van der Waals surface area contributed by atoms with Crippen molar-refractivity contribution in [2.45, 2.75) is 6.10 Å². The molecule has 1 unspecified atom stereocenters. The molecule has 0 aromatic heterocycles. The predicted octanol–water partition coefficient (Wildman–Crippen LogP) is 3.17. The maximum Gasteiger partial charge on any atom is 0.351 e. The van der Waals surface area contributed by atoms with Gasteiger partial charge < -0.3 is 14.2 Å². The second-order valence-electron chi connectivity index (χ2n) is 4.86. The molecule has 0 spiro atoms. The molecule has 0 amide bonds. The van der Waals surface area contributed by atoms with Crippen molar-refractivity contribution in [3.63, 3.8) is 0 Å². The van der Waals surface area contributed by atoms with E-state index in [-0.39, 0.29) is 0 Å². The Bertz CT molecular complexity index is 704. The van der Waals surface area contributed by atoms with Crippen molar-refractivity contribution in [3.8, 4) is 5.75 Å². The molecule has 5 nitrogen and oxygen atoms in total. The molecule has 0 aliphatic carbocycles. The number of hydrogen-bond acceptors (Lipinski definition) is 5. The Morgan fingerprint density at radius 3 is 2.21 bits per heavy atom. The molecule has 0 aliphatic rings. The molecule has 0 bridgehead atoms. The Hall–Kier alpha value is -3.08. The Labute approximate surface area is 140 Å². The van der Waals surface area contributed by atoms with Crippen molar-refractivity contribution in [1.82, 2.24) is 0 Å². The number of benzene rings is 2. The lowest BCUT2D eigenvalue weighted by Gasteiger charge is -2.14. The Kier molecular flexibility index (Phi) is 6.14. The van der Waals surface area contributed by atoms with Crippen LogP contribution in [0.15, 0.2) is 60.7 Å². The van der Waals surface area contributed by atoms with Gasteiger partial charge in [-0.25, -0.2) is 9.59 Å². The summed E-state index contributed by atoms with van der Waals surface area (Å²) in [5.74, 6) is -0.540. The summed E-state index contributed by atoms with van der Waals surface area (Å²) < 4.78 is 15.0. The molecule has 5 heteroatoms. The number of carbonyl (C=O) groups excluding carboxylic acids is 2. The lowest BCUT2D eigenvalue weighted by atomic mass is 10.1. The fourth-order valence-corrected chi connectivity index (χ4v) is 2.02. The van der Waals surface area contributed by atoms with E-state index >= 15 is 0 Å². The van der Waals surface area contributed by atoms with Crippen molar-refractivity contribution in [2.24, 2.45) is 0 Å². The highest BCUT2D eigenvalue weighted by Gasteiger charge is 2.24. The third-order valence-corrected chi connectivity index (χ3v) is 3.28. The minimum absolute atomic E-state index is 0.551. The van der Waals surface area contributed by atoms with Gasteiger partial charge in [-0.2, -0.15) is 0 Å². The lowest BCUT2D eigenvalue weighted by Crippen LogP contribution is -2.20. The average Bonchev–Trinajstić information content (AvgIpc) is 2.65. The molecule has 0 fully saturated rings.